The van der Waals surface area contributed by atoms with Crippen molar-refractivity contribution in [2.24, 2.45) is 11.8 Å². The molecular formula is C13H21FN2O5. The van der Waals surface area contributed by atoms with E-state index in [4.69, 9.17) is 10.1 Å². The third-order valence-electron chi connectivity index (χ3n) is 3.86. The summed E-state index contributed by atoms with van der Waals surface area (Å²) < 4.78 is 22.0. The summed E-state index contributed by atoms with van der Waals surface area (Å²) in [5.74, 6) is -2.10. The number of hydrogen-bond donors (Lipinski definition) is 3. The number of hydrogen-bond acceptors (Lipinski definition) is 5. The molecule has 0 spiro atoms. The second kappa shape index (κ2) is 7.35. The van der Waals surface area contributed by atoms with E-state index in [0.717, 1.165) is 0 Å². The van der Waals surface area contributed by atoms with Crippen molar-refractivity contribution in [1.29, 1.82) is 5.41 Å². The molecular weight excluding hydrogens is 283 g/mol. The second-order valence-corrected chi connectivity index (χ2v) is 5.26. The molecule has 1 rings (SSSR count). The van der Waals surface area contributed by atoms with Gasteiger partial charge in [-0.1, -0.05) is 13.8 Å². The number of carbonyl (C=O) groups excluding carboxylic acids is 1. The Hall–Kier alpha value is -1.70. The number of amides is 1. The summed E-state index contributed by atoms with van der Waals surface area (Å²) in [6.45, 7) is 3.86. The molecule has 1 aliphatic rings. The molecule has 0 bridgehead atoms. The van der Waals surface area contributed by atoms with Gasteiger partial charge in [-0.25, -0.2) is 9.18 Å². The predicted molar refractivity (Wildman–Crippen MR) is 71.6 cm³/mol. The van der Waals surface area contributed by atoms with Crippen molar-refractivity contribution >= 4 is 17.8 Å². The van der Waals surface area contributed by atoms with E-state index in [9.17, 15) is 19.1 Å². The fourth-order valence-corrected chi connectivity index (χ4v) is 2.53. The van der Waals surface area contributed by atoms with Crippen LogP contribution in [0.3, 0.4) is 0 Å². The van der Waals surface area contributed by atoms with Crippen molar-refractivity contribution in [3.63, 3.8) is 0 Å². The van der Waals surface area contributed by atoms with Gasteiger partial charge in [-0.15, -0.1) is 0 Å². The number of carbonyl (C=O) groups is 2. The zero-order chi connectivity index (χ0) is 16.2. The normalized spacial score (nSPS) is 32.3. The lowest BCUT2D eigenvalue weighted by molar-refractivity contribution is -0.173. The van der Waals surface area contributed by atoms with E-state index >= 15 is 0 Å². The summed E-state index contributed by atoms with van der Waals surface area (Å²) in [4.78, 5) is 22.6. The molecule has 0 aromatic rings. The second-order valence-electron chi connectivity index (χ2n) is 5.26. The maximum atomic E-state index is 12.0. The molecule has 7 nitrogen and oxygen atoms in total. The van der Waals surface area contributed by atoms with Gasteiger partial charge in [0, 0.05) is 13.3 Å². The van der Waals surface area contributed by atoms with E-state index in [0.29, 0.717) is 0 Å². The number of ether oxygens (including phenoxy) is 2. The number of carboxylic acid groups (broad SMARTS) is 1. The van der Waals surface area contributed by atoms with Gasteiger partial charge >= 0.3 is 5.97 Å². The van der Waals surface area contributed by atoms with E-state index in [-0.39, 0.29) is 30.1 Å². The Morgan fingerprint density at radius 2 is 2.00 bits per heavy atom. The molecule has 0 aliphatic carbocycles. The van der Waals surface area contributed by atoms with Crippen LogP contribution in [0.2, 0.25) is 0 Å². The van der Waals surface area contributed by atoms with Crippen LogP contribution in [0.5, 0.6) is 0 Å². The van der Waals surface area contributed by atoms with Crippen LogP contribution in [0.25, 0.3) is 0 Å². The Morgan fingerprint density at radius 1 is 1.38 bits per heavy atom. The van der Waals surface area contributed by atoms with E-state index < -0.39 is 31.1 Å². The highest BCUT2D eigenvalue weighted by molar-refractivity contribution is 5.78. The van der Waals surface area contributed by atoms with E-state index in [1.54, 1.807) is 0 Å². The van der Waals surface area contributed by atoms with Gasteiger partial charge in [0.15, 0.2) is 12.0 Å². The van der Waals surface area contributed by atoms with Crippen molar-refractivity contribution in [1.82, 2.24) is 5.32 Å². The quantitative estimate of drug-likeness (QED) is 0.517. The van der Waals surface area contributed by atoms with Gasteiger partial charge < -0.3 is 19.9 Å². The standard InChI is InChI=1S/C13H21FN2O5/c1-6-7(2)11(16-8(3)17)12(13(18)19)21-9(6)4-10(15)20-5-14/h6-7,9,11-12,15H,4-5H2,1-3H3,(H,16,17)(H,18,19)/t6-,7-,9-,11-,12-/m1/s1. The Balaban J connectivity index is 2.86. The fraction of sp³-hybridized carbons (Fsp3) is 0.769. The van der Waals surface area contributed by atoms with Crippen LogP contribution in [-0.2, 0) is 19.1 Å². The molecule has 1 amide bonds. The average molecular weight is 304 g/mol. The molecule has 1 aliphatic heterocycles. The van der Waals surface area contributed by atoms with Crippen LogP contribution in [0.4, 0.5) is 4.39 Å². The van der Waals surface area contributed by atoms with Crippen molar-refractivity contribution in [2.45, 2.75) is 45.4 Å². The van der Waals surface area contributed by atoms with Gasteiger partial charge in [-0.3, -0.25) is 10.2 Å². The third kappa shape index (κ3) is 4.38. The van der Waals surface area contributed by atoms with Gasteiger partial charge in [0.05, 0.1) is 12.1 Å². The van der Waals surface area contributed by atoms with Crippen molar-refractivity contribution in [3.05, 3.63) is 0 Å². The lowest BCUT2D eigenvalue weighted by Crippen LogP contribution is -2.59. The van der Waals surface area contributed by atoms with Crippen molar-refractivity contribution in [2.75, 3.05) is 6.86 Å². The highest BCUT2D eigenvalue weighted by atomic mass is 19.1. The van der Waals surface area contributed by atoms with Crippen LogP contribution in [0.15, 0.2) is 0 Å². The van der Waals surface area contributed by atoms with E-state index in [1.807, 2.05) is 13.8 Å². The molecule has 5 atom stereocenters. The minimum atomic E-state index is -1.21. The predicted octanol–water partition coefficient (Wildman–Crippen LogP) is 0.926. The van der Waals surface area contributed by atoms with Crippen molar-refractivity contribution in [3.8, 4) is 0 Å². The molecule has 0 radical (unpaired) electrons. The average Bonchev–Trinajstić information content (AvgIpc) is 2.37. The Bertz CT molecular complexity index is 417. The Labute approximate surface area is 122 Å². The lowest BCUT2D eigenvalue weighted by atomic mass is 9.78. The van der Waals surface area contributed by atoms with Gasteiger partial charge in [0.25, 0.3) is 0 Å². The number of rotatable bonds is 5. The van der Waals surface area contributed by atoms with Crippen LogP contribution in [0, 0.1) is 17.2 Å². The molecule has 1 heterocycles. The Morgan fingerprint density at radius 3 is 2.48 bits per heavy atom. The van der Waals surface area contributed by atoms with Crippen molar-refractivity contribution < 1.29 is 28.6 Å². The SMILES string of the molecule is CC(=O)N[C@@H]1[C@H](C)[C@@H](C)[C@@H](CC(=N)OCF)O[C@H]1C(=O)O. The fourth-order valence-electron chi connectivity index (χ4n) is 2.53. The summed E-state index contributed by atoms with van der Waals surface area (Å²) in [7, 11) is 0. The summed E-state index contributed by atoms with van der Waals surface area (Å²) >= 11 is 0. The first-order valence-corrected chi connectivity index (χ1v) is 6.69. The van der Waals surface area contributed by atoms with Gasteiger partial charge in [0.1, 0.15) is 0 Å². The molecule has 8 heteroatoms. The zero-order valence-corrected chi connectivity index (χ0v) is 12.3. The molecule has 0 unspecified atom stereocenters. The summed E-state index contributed by atoms with van der Waals surface area (Å²) in [6.07, 6.45) is -1.79. The number of aliphatic carboxylic acids is 1. The first kappa shape index (κ1) is 17.4. The molecule has 21 heavy (non-hydrogen) atoms. The topological polar surface area (TPSA) is 109 Å². The summed E-state index contributed by atoms with van der Waals surface area (Å²) in [5.41, 5.74) is 0. The number of alkyl halides is 1. The molecule has 120 valence electrons. The smallest absolute Gasteiger partial charge is 0.335 e. The largest absolute Gasteiger partial charge is 0.479 e. The van der Waals surface area contributed by atoms with Gasteiger partial charge in [-0.05, 0) is 11.8 Å². The summed E-state index contributed by atoms with van der Waals surface area (Å²) in [6, 6.07) is -0.650. The lowest BCUT2D eigenvalue weighted by Gasteiger charge is -2.43. The Kier molecular flexibility index (Phi) is 6.07. The molecule has 0 aromatic carbocycles. The summed E-state index contributed by atoms with van der Waals surface area (Å²) in [5, 5.41) is 19.3. The maximum absolute atomic E-state index is 12.0. The molecule has 3 N–H and O–H groups in total. The van der Waals surface area contributed by atoms with Crippen LogP contribution < -0.4 is 5.32 Å². The van der Waals surface area contributed by atoms with E-state index in [1.165, 1.54) is 6.92 Å². The van der Waals surface area contributed by atoms with Gasteiger partial charge in [0.2, 0.25) is 12.8 Å². The van der Waals surface area contributed by atoms with Crippen LogP contribution in [0.1, 0.15) is 27.2 Å². The van der Waals surface area contributed by atoms with Gasteiger partial charge in [-0.2, -0.15) is 0 Å². The first-order valence-electron chi connectivity index (χ1n) is 6.69. The third-order valence-corrected chi connectivity index (χ3v) is 3.86. The monoisotopic (exact) mass is 304 g/mol. The minimum Gasteiger partial charge on any atom is -0.479 e. The molecule has 0 aromatic heterocycles. The van der Waals surface area contributed by atoms with Crippen LogP contribution in [-0.4, -0.2) is 48.0 Å². The number of carboxylic acids is 1. The molecule has 1 saturated heterocycles. The first-order chi connectivity index (χ1) is 9.77. The number of halogens is 1. The number of nitrogens with one attached hydrogen (secondary N) is 2. The molecule has 0 saturated carbocycles. The highest BCUT2D eigenvalue weighted by Gasteiger charge is 2.45. The minimum absolute atomic E-state index is 0.00794. The molecule has 1 fully saturated rings. The zero-order valence-electron chi connectivity index (χ0n) is 12.3. The van der Waals surface area contributed by atoms with Crippen LogP contribution >= 0.6 is 0 Å². The highest BCUT2D eigenvalue weighted by Crippen LogP contribution is 2.32. The van der Waals surface area contributed by atoms with E-state index in [2.05, 4.69) is 10.1 Å². The maximum Gasteiger partial charge on any atom is 0.335 e.